The van der Waals surface area contributed by atoms with E-state index in [2.05, 4.69) is 40.0 Å². The summed E-state index contributed by atoms with van der Waals surface area (Å²) in [5, 5.41) is 5.04. The van der Waals surface area contributed by atoms with E-state index in [1.54, 1.807) is 11.3 Å². The topological polar surface area (TPSA) is 32.3 Å². The largest absolute Gasteiger partial charge is 0.383 e. The molecule has 126 valence electrons. The molecule has 1 N–H and O–H groups in total. The molecule has 24 heavy (non-hydrogen) atoms. The lowest BCUT2D eigenvalue weighted by molar-refractivity contribution is 0.316. The van der Waals surface area contributed by atoms with Gasteiger partial charge in [0, 0.05) is 38.0 Å². The number of fused-ring (bicyclic) bond motifs is 2. The second-order valence-corrected chi connectivity index (χ2v) is 7.70. The molecule has 0 amide bonds. The maximum absolute atomic E-state index is 13.0. The predicted molar refractivity (Wildman–Crippen MR) is 110 cm³/mol. The molecule has 3 rings (SSSR count). The van der Waals surface area contributed by atoms with Crippen molar-refractivity contribution in [3.8, 4) is 0 Å². The molecule has 0 atom stereocenters. The van der Waals surface area contributed by atoms with Crippen LogP contribution in [0.3, 0.4) is 0 Å². The van der Waals surface area contributed by atoms with Crippen LogP contribution >= 0.6 is 27.3 Å². The van der Waals surface area contributed by atoms with Crippen molar-refractivity contribution in [2.45, 2.75) is 13.8 Å². The quantitative estimate of drug-likeness (QED) is 0.591. The van der Waals surface area contributed by atoms with Crippen molar-refractivity contribution in [3.05, 3.63) is 51.1 Å². The Bertz CT molecular complexity index is 918. The average molecular weight is 405 g/mol. The maximum Gasteiger partial charge on any atom is 0.197 e. The first-order chi connectivity index (χ1) is 11.6. The van der Waals surface area contributed by atoms with Crippen molar-refractivity contribution < 1.29 is 0 Å². The van der Waals surface area contributed by atoms with Crippen LogP contribution in [0.1, 0.15) is 13.8 Å². The van der Waals surface area contributed by atoms with Crippen LogP contribution in [0.25, 0.3) is 20.2 Å². The van der Waals surface area contributed by atoms with Crippen molar-refractivity contribution in [2.75, 3.05) is 31.5 Å². The highest BCUT2D eigenvalue weighted by atomic mass is 79.9. The summed E-state index contributed by atoms with van der Waals surface area (Å²) in [6.45, 7) is 8.23. The van der Waals surface area contributed by atoms with Crippen LogP contribution in [0.4, 0.5) is 5.69 Å². The Morgan fingerprint density at radius 1 is 1.12 bits per heavy atom. The summed E-state index contributed by atoms with van der Waals surface area (Å²) in [6.07, 6.45) is 0. The third-order valence-electron chi connectivity index (χ3n) is 4.30. The van der Waals surface area contributed by atoms with E-state index in [0.29, 0.717) is 0 Å². The molecule has 0 bridgehead atoms. The molecule has 0 radical (unpaired) electrons. The number of hydrogen-bond donors (Lipinski definition) is 1. The molecule has 0 spiro atoms. The van der Waals surface area contributed by atoms with E-state index in [9.17, 15) is 4.79 Å². The van der Waals surface area contributed by atoms with E-state index in [4.69, 9.17) is 0 Å². The van der Waals surface area contributed by atoms with Gasteiger partial charge in [0.2, 0.25) is 0 Å². The molecular formula is C19H21BrN2OS. The van der Waals surface area contributed by atoms with E-state index < -0.39 is 0 Å². The molecule has 0 unspecified atom stereocenters. The second-order valence-electron chi connectivity index (χ2n) is 5.70. The van der Waals surface area contributed by atoms with E-state index >= 15 is 0 Å². The summed E-state index contributed by atoms with van der Waals surface area (Å²) < 4.78 is 2.99. The Hall–Kier alpha value is -1.43. The lowest BCUT2D eigenvalue weighted by Crippen LogP contribution is -2.28. The first-order valence-corrected chi connectivity index (χ1v) is 9.86. The lowest BCUT2D eigenvalue weighted by Gasteiger charge is -2.18. The second kappa shape index (κ2) is 7.64. The number of nitrogens with one attached hydrogen (secondary N) is 1. The van der Waals surface area contributed by atoms with Crippen LogP contribution in [0, 0.1) is 0 Å². The Morgan fingerprint density at radius 3 is 2.67 bits per heavy atom. The normalized spacial score (nSPS) is 11.5. The van der Waals surface area contributed by atoms with Crippen molar-refractivity contribution in [1.82, 2.24) is 4.90 Å². The zero-order chi connectivity index (χ0) is 17.1. The fourth-order valence-corrected chi connectivity index (χ4v) is 4.35. The molecule has 0 saturated heterocycles. The number of nitrogens with zero attached hydrogens (tertiary/aromatic N) is 1. The summed E-state index contributed by atoms with van der Waals surface area (Å²) in [4.78, 5) is 15.4. The van der Waals surface area contributed by atoms with Gasteiger partial charge in [0.25, 0.3) is 0 Å². The third kappa shape index (κ3) is 3.48. The molecular weight excluding hydrogens is 384 g/mol. The summed E-state index contributed by atoms with van der Waals surface area (Å²) in [6, 6.07) is 12.0. The monoisotopic (exact) mass is 404 g/mol. The molecule has 1 aromatic heterocycles. The number of likely N-dealkylation sites (N-methyl/N-ethyl adjacent to an activating group) is 1. The number of anilines is 1. The standard InChI is InChI=1S/C19H21BrN2OS/c1-3-22(4-2)11-10-21-15-6-5-7-17-18(15)19(23)14-12-13(20)8-9-16(14)24-17/h5-9,12,21H,3-4,10-11H2,1-2H3. The van der Waals surface area contributed by atoms with Crippen LogP contribution < -0.4 is 10.7 Å². The third-order valence-corrected chi connectivity index (χ3v) is 5.93. The van der Waals surface area contributed by atoms with Gasteiger partial charge in [0.15, 0.2) is 5.43 Å². The number of benzene rings is 2. The number of rotatable bonds is 6. The van der Waals surface area contributed by atoms with Crippen LogP contribution in [-0.4, -0.2) is 31.1 Å². The molecule has 0 saturated carbocycles. The van der Waals surface area contributed by atoms with Gasteiger partial charge in [-0.15, -0.1) is 11.3 Å². The molecule has 0 aliphatic heterocycles. The highest BCUT2D eigenvalue weighted by Crippen LogP contribution is 2.30. The summed E-state index contributed by atoms with van der Waals surface area (Å²) in [5.74, 6) is 0. The molecule has 1 heterocycles. The first kappa shape index (κ1) is 17.4. The van der Waals surface area contributed by atoms with Crippen molar-refractivity contribution in [3.63, 3.8) is 0 Å². The zero-order valence-corrected chi connectivity index (χ0v) is 16.3. The van der Waals surface area contributed by atoms with Crippen LogP contribution in [0.2, 0.25) is 0 Å². The summed E-state index contributed by atoms with van der Waals surface area (Å²) in [5.41, 5.74) is 1.04. The van der Waals surface area contributed by atoms with E-state index in [-0.39, 0.29) is 5.43 Å². The molecule has 3 aromatic rings. The lowest BCUT2D eigenvalue weighted by atomic mass is 10.1. The Kier molecular flexibility index (Phi) is 5.54. The number of hydrogen-bond acceptors (Lipinski definition) is 4. The first-order valence-electron chi connectivity index (χ1n) is 8.25. The molecule has 0 aliphatic carbocycles. The minimum Gasteiger partial charge on any atom is -0.383 e. The highest BCUT2D eigenvalue weighted by molar-refractivity contribution is 9.10. The van der Waals surface area contributed by atoms with Gasteiger partial charge in [0.1, 0.15) is 0 Å². The minimum atomic E-state index is 0.103. The van der Waals surface area contributed by atoms with Gasteiger partial charge >= 0.3 is 0 Å². The Labute approximate surface area is 154 Å². The molecule has 0 fully saturated rings. The molecule has 0 aliphatic rings. The van der Waals surface area contributed by atoms with Crippen LogP contribution in [0.15, 0.2) is 45.7 Å². The Morgan fingerprint density at radius 2 is 1.92 bits per heavy atom. The van der Waals surface area contributed by atoms with E-state index in [1.807, 2.05) is 36.4 Å². The van der Waals surface area contributed by atoms with E-state index in [1.165, 1.54) is 0 Å². The molecule has 3 nitrogen and oxygen atoms in total. The van der Waals surface area contributed by atoms with Gasteiger partial charge in [-0.2, -0.15) is 0 Å². The maximum atomic E-state index is 13.0. The smallest absolute Gasteiger partial charge is 0.197 e. The minimum absolute atomic E-state index is 0.103. The van der Waals surface area contributed by atoms with Crippen LogP contribution in [0.5, 0.6) is 0 Å². The summed E-state index contributed by atoms with van der Waals surface area (Å²) >= 11 is 5.13. The van der Waals surface area contributed by atoms with Gasteiger partial charge in [-0.05, 0) is 43.4 Å². The fourth-order valence-electron chi connectivity index (χ4n) is 2.91. The van der Waals surface area contributed by atoms with Crippen LogP contribution in [-0.2, 0) is 0 Å². The number of halogens is 1. The van der Waals surface area contributed by atoms with Crippen molar-refractivity contribution >= 4 is 53.1 Å². The van der Waals surface area contributed by atoms with Gasteiger partial charge < -0.3 is 10.2 Å². The van der Waals surface area contributed by atoms with Gasteiger partial charge in [-0.3, -0.25) is 4.79 Å². The SMILES string of the molecule is CCN(CC)CCNc1cccc2sc3ccc(Br)cc3c(=O)c12. The van der Waals surface area contributed by atoms with Gasteiger partial charge in [-0.1, -0.05) is 35.8 Å². The highest BCUT2D eigenvalue weighted by Gasteiger charge is 2.10. The van der Waals surface area contributed by atoms with Gasteiger partial charge in [-0.25, -0.2) is 0 Å². The van der Waals surface area contributed by atoms with Crippen molar-refractivity contribution in [1.29, 1.82) is 0 Å². The predicted octanol–water partition coefficient (Wildman–Crippen LogP) is 4.93. The van der Waals surface area contributed by atoms with Gasteiger partial charge in [0.05, 0.1) is 5.39 Å². The average Bonchev–Trinajstić information content (AvgIpc) is 2.59. The zero-order valence-electron chi connectivity index (χ0n) is 13.9. The Balaban J connectivity index is 2.01. The molecule has 2 aromatic carbocycles. The van der Waals surface area contributed by atoms with E-state index in [0.717, 1.165) is 56.5 Å². The van der Waals surface area contributed by atoms with Crippen molar-refractivity contribution in [2.24, 2.45) is 0 Å². The fraction of sp³-hybridized carbons (Fsp3) is 0.316. The summed E-state index contributed by atoms with van der Waals surface area (Å²) in [7, 11) is 0. The molecule has 5 heteroatoms.